The van der Waals surface area contributed by atoms with Gasteiger partial charge >= 0.3 is 0 Å². The van der Waals surface area contributed by atoms with Crippen molar-refractivity contribution in [2.45, 2.75) is 32.7 Å². The number of nitrogens with one attached hydrogen (secondary N) is 1. The van der Waals surface area contributed by atoms with Gasteiger partial charge in [0.15, 0.2) is 5.82 Å². The van der Waals surface area contributed by atoms with Gasteiger partial charge < -0.3 is 9.84 Å². The maximum Gasteiger partial charge on any atom is 0.223 e. The van der Waals surface area contributed by atoms with E-state index < -0.39 is 0 Å². The summed E-state index contributed by atoms with van der Waals surface area (Å²) in [7, 11) is 1.87. The van der Waals surface area contributed by atoms with Gasteiger partial charge in [-0.15, -0.1) is 0 Å². The minimum Gasteiger partial charge on any atom is -0.346 e. The van der Waals surface area contributed by atoms with Crippen LogP contribution in [-0.4, -0.2) is 29.3 Å². The van der Waals surface area contributed by atoms with Crippen molar-refractivity contribution in [2.24, 2.45) is 7.05 Å². The van der Waals surface area contributed by atoms with E-state index in [0.29, 0.717) is 11.7 Å². The Labute approximate surface area is 131 Å². The highest BCUT2D eigenvalue weighted by Gasteiger charge is 2.22. The summed E-state index contributed by atoms with van der Waals surface area (Å²) >= 11 is 1.34. The van der Waals surface area contributed by atoms with Crippen molar-refractivity contribution in [1.29, 1.82) is 0 Å². The van der Waals surface area contributed by atoms with Crippen LogP contribution in [0.3, 0.4) is 0 Å². The van der Waals surface area contributed by atoms with E-state index >= 15 is 0 Å². The van der Waals surface area contributed by atoms with Crippen LogP contribution < -0.4 is 5.32 Å². The first kappa shape index (κ1) is 14.6. The van der Waals surface area contributed by atoms with E-state index in [1.165, 1.54) is 11.5 Å². The molecule has 1 atom stereocenters. The second-order valence-corrected chi connectivity index (χ2v) is 5.71. The molecule has 3 rings (SSSR count). The van der Waals surface area contributed by atoms with Gasteiger partial charge in [0.05, 0.1) is 6.20 Å². The molecule has 1 N–H and O–H groups in total. The minimum absolute atomic E-state index is 0.270. The Morgan fingerprint density at radius 3 is 2.91 bits per heavy atom. The normalized spacial score (nSPS) is 12.5. The molecule has 0 spiro atoms. The SMILES string of the molecule is CCCc1nsc(N[C@@H](c2cnn(C)c2)c2noc(C)n2)n1. The molecule has 0 bridgehead atoms. The molecule has 0 aliphatic heterocycles. The van der Waals surface area contributed by atoms with Gasteiger partial charge in [-0.05, 0) is 6.42 Å². The first-order chi connectivity index (χ1) is 10.7. The van der Waals surface area contributed by atoms with Gasteiger partial charge in [0.25, 0.3) is 0 Å². The van der Waals surface area contributed by atoms with Crippen molar-refractivity contribution in [1.82, 2.24) is 29.3 Å². The highest BCUT2D eigenvalue weighted by molar-refractivity contribution is 7.09. The molecule has 3 aromatic heterocycles. The summed E-state index contributed by atoms with van der Waals surface area (Å²) in [5.74, 6) is 1.93. The Hall–Kier alpha value is -2.29. The number of hydrogen-bond acceptors (Lipinski definition) is 8. The molecule has 0 aliphatic carbocycles. The smallest absolute Gasteiger partial charge is 0.223 e. The predicted octanol–water partition coefficient (Wildman–Crippen LogP) is 2.12. The first-order valence-electron chi connectivity index (χ1n) is 7.03. The molecule has 8 nitrogen and oxygen atoms in total. The zero-order chi connectivity index (χ0) is 15.5. The van der Waals surface area contributed by atoms with Crippen LogP contribution in [0.25, 0.3) is 0 Å². The van der Waals surface area contributed by atoms with Gasteiger partial charge in [-0.25, -0.2) is 4.98 Å². The summed E-state index contributed by atoms with van der Waals surface area (Å²) in [6, 6.07) is -0.270. The van der Waals surface area contributed by atoms with Crippen molar-refractivity contribution >= 4 is 16.7 Å². The number of anilines is 1. The lowest BCUT2D eigenvalue weighted by molar-refractivity contribution is 0.386. The lowest BCUT2D eigenvalue weighted by atomic mass is 10.1. The van der Waals surface area contributed by atoms with Crippen LogP contribution in [0, 0.1) is 6.92 Å². The second-order valence-electron chi connectivity index (χ2n) is 4.96. The third kappa shape index (κ3) is 3.14. The maximum atomic E-state index is 5.09. The quantitative estimate of drug-likeness (QED) is 0.743. The molecule has 0 amide bonds. The zero-order valence-corrected chi connectivity index (χ0v) is 13.5. The van der Waals surface area contributed by atoms with Crippen LogP contribution in [0.2, 0.25) is 0 Å². The standard InChI is InChI=1S/C13H17N7OS/c1-4-5-10-16-13(22-19-10)17-11(9-6-14-20(3)7-9)12-15-8(2)21-18-12/h6-7,11H,4-5H2,1-3H3,(H,16,17,19)/t11-/m0/s1. The van der Waals surface area contributed by atoms with Gasteiger partial charge in [0, 0.05) is 43.7 Å². The topological polar surface area (TPSA) is 94.6 Å². The molecule has 0 unspecified atom stereocenters. The average Bonchev–Trinajstić information content (AvgIpc) is 3.19. The summed E-state index contributed by atoms with van der Waals surface area (Å²) in [5, 5.41) is 12.3. The fourth-order valence-corrected chi connectivity index (χ4v) is 2.72. The van der Waals surface area contributed by atoms with E-state index in [-0.39, 0.29) is 6.04 Å². The lowest BCUT2D eigenvalue weighted by Crippen LogP contribution is -2.13. The molecule has 0 radical (unpaired) electrons. The third-order valence-electron chi connectivity index (χ3n) is 3.07. The van der Waals surface area contributed by atoms with Crippen LogP contribution in [-0.2, 0) is 13.5 Å². The van der Waals surface area contributed by atoms with Gasteiger partial charge in [-0.1, -0.05) is 12.1 Å². The number of aromatic nitrogens is 6. The summed E-state index contributed by atoms with van der Waals surface area (Å²) in [4.78, 5) is 8.80. The van der Waals surface area contributed by atoms with Gasteiger partial charge in [-0.3, -0.25) is 4.68 Å². The Kier molecular flexibility index (Phi) is 4.14. The molecule has 0 aromatic carbocycles. The van der Waals surface area contributed by atoms with Crippen molar-refractivity contribution in [3.05, 3.63) is 35.5 Å². The summed E-state index contributed by atoms with van der Waals surface area (Å²) in [6.45, 7) is 3.87. The van der Waals surface area contributed by atoms with Crippen molar-refractivity contribution in [3.8, 4) is 0 Å². The number of nitrogens with zero attached hydrogens (tertiary/aromatic N) is 6. The van der Waals surface area contributed by atoms with Crippen LogP contribution in [0.4, 0.5) is 5.13 Å². The van der Waals surface area contributed by atoms with E-state index in [0.717, 1.165) is 29.4 Å². The van der Waals surface area contributed by atoms with Crippen molar-refractivity contribution in [2.75, 3.05) is 5.32 Å². The monoisotopic (exact) mass is 319 g/mol. The molecule has 0 saturated heterocycles. The first-order valence-corrected chi connectivity index (χ1v) is 7.81. The molecule has 22 heavy (non-hydrogen) atoms. The summed E-state index contributed by atoms with van der Waals surface area (Å²) in [5.41, 5.74) is 0.940. The average molecular weight is 319 g/mol. The highest BCUT2D eigenvalue weighted by atomic mass is 32.1. The highest BCUT2D eigenvalue weighted by Crippen LogP contribution is 2.25. The Morgan fingerprint density at radius 1 is 1.41 bits per heavy atom. The molecular formula is C13H17N7OS. The minimum atomic E-state index is -0.270. The Balaban J connectivity index is 1.88. The molecule has 3 aromatic rings. The predicted molar refractivity (Wildman–Crippen MR) is 81.6 cm³/mol. The Bertz CT molecular complexity index is 707. The number of aryl methyl sites for hydroxylation is 3. The lowest BCUT2D eigenvalue weighted by Gasteiger charge is -2.12. The second kappa shape index (κ2) is 6.22. The van der Waals surface area contributed by atoms with Crippen LogP contribution in [0.5, 0.6) is 0 Å². The molecular weight excluding hydrogens is 302 g/mol. The van der Waals surface area contributed by atoms with E-state index in [9.17, 15) is 0 Å². The van der Waals surface area contributed by atoms with Crippen LogP contribution in [0.15, 0.2) is 16.9 Å². The molecule has 0 saturated carbocycles. The fourth-order valence-electron chi connectivity index (χ4n) is 2.08. The van der Waals surface area contributed by atoms with Crippen molar-refractivity contribution in [3.63, 3.8) is 0 Å². The van der Waals surface area contributed by atoms with E-state index in [4.69, 9.17) is 4.52 Å². The van der Waals surface area contributed by atoms with E-state index in [1.807, 2.05) is 13.2 Å². The summed E-state index contributed by atoms with van der Waals surface area (Å²) in [6.07, 6.45) is 5.58. The third-order valence-corrected chi connectivity index (χ3v) is 3.75. The maximum absolute atomic E-state index is 5.09. The van der Waals surface area contributed by atoms with E-state index in [1.54, 1.807) is 17.8 Å². The van der Waals surface area contributed by atoms with Crippen molar-refractivity contribution < 1.29 is 4.52 Å². The molecule has 0 aliphatic rings. The van der Waals surface area contributed by atoms with E-state index in [2.05, 4.69) is 36.8 Å². The zero-order valence-electron chi connectivity index (χ0n) is 12.6. The molecule has 0 fully saturated rings. The largest absolute Gasteiger partial charge is 0.346 e. The summed E-state index contributed by atoms with van der Waals surface area (Å²) < 4.78 is 11.2. The number of hydrogen-bond donors (Lipinski definition) is 1. The fraction of sp³-hybridized carbons (Fsp3) is 0.462. The number of rotatable bonds is 6. The van der Waals surface area contributed by atoms with Crippen LogP contribution >= 0.6 is 11.5 Å². The molecule has 9 heteroatoms. The molecule has 3 heterocycles. The Morgan fingerprint density at radius 2 is 2.27 bits per heavy atom. The molecule has 116 valence electrons. The van der Waals surface area contributed by atoms with Gasteiger partial charge in [0.2, 0.25) is 11.0 Å². The van der Waals surface area contributed by atoms with Gasteiger partial charge in [-0.2, -0.15) is 14.5 Å². The van der Waals surface area contributed by atoms with Crippen LogP contribution in [0.1, 0.15) is 42.5 Å². The van der Waals surface area contributed by atoms with Gasteiger partial charge in [0.1, 0.15) is 11.9 Å².